The first-order chi connectivity index (χ1) is 18.2. The van der Waals surface area contributed by atoms with Crippen LogP contribution in [0.5, 0.6) is 5.75 Å². The van der Waals surface area contributed by atoms with E-state index in [0.717, 1.165) is 57.1 Å². The summed E-state index contributed by atoms with van der Waals surface area (Å²) in [6, 6.07) is 8.22. The lowest BCUT2D eigenvalue weighted by atomic mass is 9.82. The topological polar surface area (TPSA) is 61.8 Å². The number of ether oxygens (including phenoxy) is 3. The monoisotopic (exact) mass is 536 g/mol. The average Bonchev–Trinajstić information content (AvgIpc) is 2.95. The van der Waals surface area contributed by atoms with Crippen molar-refractivity contribution >= 4 is 11.9 Å². The summed E-state index contributed by atoms with van der Waals surface area (Å²) in [5.41, 5.74) is 1.25. The third-order valence-electron chi connectivity index (χ3n) is 8.61. The lowest BCUT2D eigenvalue weighted by Gasteiger charge is -2.30. The first kappa shape index (κ1) is 30.4. The molecular weight excluding hydrogens is 490 g/mol. The molecule has 4 atom stereocenters. The molecule has 0 amide bonds. The summed E-state index contributed by atoms with van der Waals surface area (Å²) in [6.45, 7) is 7.82. The number of hydrogen-bond donors (Lipinski definition) is 0. The van der Waals surface area contributed by atoms with Crippen molar-refractivity contribution in [3.8, 4) is 5.75 Å². The Morgan fingerprint density at radius 3 is 1.66 bits per heavy atom. The van der Waals surface area contributed by atoms with Gasteiger partial charge in [0, 0.05) is 0 Å². The molecule has 2 aliphatic carbocycles. The lowest BCUT2D eigenvalue weighted by Crippen LogP contribution is -2.32. The van der Waals surface area contributed by atoms with Gasteiger partial charge in [-0.2, -0.15) is 0 Å². The van der Waals surface area contributed by atoms with Crippen molar-refractivity contribution in [2.24, 2.45) is 17.8 Å². The Balaban J connectivity index is 1.35. The van der Waals surface area contributed by atoms with Crippen LogP contribution in [0.4, 0.5) is 8.78 Å². The van der Waals surface area contributed by atoms with Gasteiger partial charge in [0.15, 0.2) is 12.3 Å². The van der Waals surface area contributed by atoms with Gasteiger partial charge in [0.05, 0.1) is 6.61 Å². The van der Waals surface area contributed by atoms with Crippen LogP contribution in [-0.2, 0) is 19.1 Å². The zero-order chi connectivity index (χ0) is 27.7. The molecule has 3 rings (SSSR count). The van der Waals surface area contributed by atoms with Crippen LogP contribution in [0.3, 0.4) is 0 Å². The van der Waals surface area contributed by atoms with Gasteiger partial charge < -0.3 is 14.2 Å². The maximum atomic E-state index is 14.1. The largest absolute Gasteiger partial charge is 0.493 e. The maximum Gasteiger partial charge on any atom is 0.341 e. The average molecular weight is 537 g/mol. The zero-order valence-corrected chi connectivity index (χ0v) is 23.5. The number of halogens is 2. The van der Waals surface area contributed by atoms with Crippen molar-refractivity contribution in [1.29, 1.82) is 0 Å². The van der Waals surface area contributed by atoms with Crippen LogP contribution < -0.4 is 4.74 Å². The number of esters is 2. The predicted octanol–water partition coefficient (Wildman–Crippen LogP) is 7.51. The summed E-state index contributed by atoms with van der Waals surface area (Å²) in [4.78, 5) is 24.1. The fourth-order valence-corrected chi connectivity index (χ4v) is 5.32. The highest BCUT2D eigenvalue weighted by molar-refractivity contribution is 5.75. The molecule has 214 valence electrons. The molecule has 0 heterocycles. The summed E-state index contributed by atoms with van der Waals surface area (Å²) < 4.78 is 45.1. The Morgan fingerprint density at radius 1 is 0.763 bits per heavy atom. The molecular formula is C31H46F2O5. The van der Waals surface area contributed by atoms with Crippen molar-refractivity contribution in [3.63, 3.8) is 0 Å². The van der Waals surface area contributed by atoms with E-state index in [2.05, 4.69) is 12.1 Å². The van der Waals surface area contributed by atoms with E-state index in [1.807, 2.05) is 26.0 Å². The number of rotatable bonds is 12. The number of carbonyl (C=O) groups excluding carboxylic acids is 2. The Morgan fingerprint density at radius 2 is 1.21 bits per heavy atom. The standard InChI is InChI=1S/C31H46F2O5/c1-5-20(3)28(32)30(34)37-26-13-7-22(8-14-26)19-36-25-15-9-23(10-16-25)24-11-17-27(18-12-24)38-31(35)29(33)21(4)6-2/h9-10,15-16,20-22,24,26-29H,5-8,11-14,17-19H2,1-4H3/t20-,21-,22?,24?,26?,27?,28-,29-/m0/s1. The maximum absolute atomic E-state index is 14.1. The number of carbonyl (C=O) groups is 2. The van der Waals surface area contributed by atoms with Gasteiger partial charge in [0.2, 0.25) is 0 Å². The fourth-order valence-electron chi connectivity index (χ4n) is 5.32. The van der Waals surface area contributed by atoms with Crippen LogP contribution in [0.2, 0.25) is 0 Å². The number of benzene rings is 1. The van der Waals surface area contributed by atoms with Gasteiger partial charge in [-0.25, -0.2) is 18.4 Å². The van der Waals surface area contributed by atoms with Crippen LogP contribution in [0, 0.1) is 17.8 Å². The second-order valence-corrected chi connectivity index (χ2v) is 11.4. The molecule has 0 aliphatic heterocycles. The number of hydrogen-bond acceptors (Lipinski definition) is 5. The van der Waals surface area contributed by atoms with Crippen molar-refractivity contribution in [2.45, 2.75) is 122 Å². The van der Waals surface area contributed by atoms with E-state index >= 15 is 0 Å². The van der Waals surface area contributed by atoms with Crippen molar-refractivity contribution < 1.29 is 32.6 Å². The van der Waals surface area contributed by atoms with Gasteiger partial charge >= 0.3 is 11.9 Å². The molecule has 0 bridgehead atoms. The summed E-state index contributed by atoms with van der Waals surface area (Å²) in [7, 11) is 0. The highest BCUT2D eigenvalue weighted by Gasteiger charge is 2.31. The molecule has 7 heteroatoms. The summed E-state index contributed by atoms with van der Waals surface area (Å²) in [5.74, 6) is -0.442. The Labute approximate surface area is 227 Å². The zero-order valence-electron chi connectivity index (χ0n) is 23.5. The first-order valence-corrected chi connectivity index (χ1v) is 14.6. The molecule has 2 fully saturated rings. The highest BCUT2D eigenvalue weighted by Crippen LogP contribution is 2.35. The smallest absolute Gasteiger partial charge is 0.341 e. The Kier molecular flexibility index (Phi) is 11.9. The molecule has 0 saturated heterocycles. The van der Waals surface area contributed by atoms with E-state index < -0.39 is 24.3 Å². The molecule has 0 unspecified atom stereocenters. The summed E-state index contributed by atoms with van der Waals surface area (Å²) in [5, 5.41) is 0. The van der Waals surface area contributed by atoms with E-state index in [1.165, 1.54) is 5.56 Å². The summed E-state index contributed by atoms with van der Waals surface area (Å²) in [6.07, 6.45) is 4.35. The minimum Gasteiger partial charge on any atom is -0.493 e. The first-order valence-electron chi connectivity index (χ1n) is 14.6. The molecule has 0 radical (unpaired) electrons. The van der Waals surface area contributed by atoms with Crippen LogP contribution in [0.25, 0.3) is 0 Å². The van der Waals surface area contributed by atoms with Gasteiger partial charge in [-0.1, -0.05) is 52.7 Å². The molecule has 0 N–H and O–H groups in total. The van der Waals surface area contributed by atoms with E-state index in [1.54, 1.807) is 13.8 Å². The molecule has 5 nitrogen and oxygen atoms in total. The molecule has 38 heavy (non-hydrogen) atoms. The van der Waals surface area contributed by atoms with Crippen molar-refractivity contribution in [3.05, 3.63) is 29.8 Å². The van der Waals surface area contributed by atoms with Crippen LogP contribution in [-0.4, -0.2) is 43.1 Å². The third-order valence-corrected chi connectivity index (χ3v) is 8.61. The minimum atomic E-state index is -1.54. The van der Waals surface area contributed by atoms with Gasteiger partial charge in [0.25, 0.3) is 0 Å². The lowest BCUT2D eigenvalue weighted by molar-refractivity contribution is -0.159. The van der Waals surface area contributed by atoms with E-state index in [4.69, 9.17) is 14.2 Å². The van der Waals surface area contributed by atoms with Gasteiger partial charge in [-0.3, -0.25) is 0 Å². The second kappa shape index (κ2) is 14.8. The van der Waals surface area contributed by atoms with Crippen molar-refractivity contribution in [2.75, 3.05) is 6.61 Å². The van der Waals surface area contributed by atoms with E-state index in [9.17, 15) is 18.4 Å². The summed E-state index contributed by atoms with van der Waals surface area (Å²) >= 11 is 0. The molecule has 1 aromatic carbocycles. The molecule has 1 aromatic rings. The van der Waals surface area contributed by atoms with Crippen LogP contribution >= 0.6 is 0 Å². The van der Waals surface area contributed by atoms with Crippen molar-refractivity contribution in [1.82, 2.24) is 0 Å². The fraction of sp³-hybridized carbons (Fsp3) is 0.742. The van der Waals surface area contributed by atoms with Crippen LogP contribution in [0.15, 0.2) is 24.3 Å². The quantitative estimate of drug-likeness (QED) is 0.259. The molecule has 0 spiro atoms. The SMILES string of the molecule is CC[C@H](C)[C@H](F)C(=O)OC1CCC(COc2ccc(C3CCC(OC(=O)[C@@H](F)[C@@H](C)CC)CC3)cc2)CC1. The predicted molar refractivity (Wildman–Crippen MR) is 144 cm³/mol. The van der Waals surface area contributed by atoms with Gasteiger partial charge in [-0.15, -0.1) is 0 Å². The molecule has 2 saturated carbocycles. The number of alkyl halides is 2. The Hall–Kier alpha value is -2.18. The normalized spacial score (nSPS) is 27.0. The van der Waals surface area contributed by atoms with E-state index in [0.29, 0.717) is 31.3 Å². The highest BCUT2D eigenvalue weighted by atomic mass is 19.1. The second-order valence-electron chi connectivity index (χ2n) is 11.4. The van der Waals surface area contributed by atoms with E-state index in [-0.39, 0.29) is 24.0 Å². The third kappa shape index (κ3) is 8.67. The Bertz CT molecular complexity index is 860. The molecule has 2 aliphatic rings. The minimum absolute atomic E-state index is 0.194. The van der Waals surface area contributed by atoms with Gasteiger partial charge in [0.1, 0.15) is 18.0 Å². The van der Waals surface area contributed by atoms with Crippen LogP contribution in [0.1, 0.15) is 103 Å². The van der Waals surface area contributed by atoms with Gasteiger partial charge in [-0.05, 0) is 92.7 Å². The molecule has 0 aromatic heterocycles.